The van der Waals surface area contributed by atoms with Crippen molar-refractivity contribution >= 4 is 27.2 Å². The van der Waals surface area contributed by atoms with Crippen LogP contribution in [0.1, 0.15) is 33.3 Å². The number of fused-ring (bicyclic) bond motifs is 6. The Kier molecular flexibility index (Phi) is 3.60. The van der Waals surface area contributed by atoms with Crippen LogP contribution in [-0.2, 0) is 5.41 Å². The van der Waals surface area contributed by atoms with Crippen molar-refractivity contribution in [2.24, 2.45) is 0 Å². The van der Waals surface area contributed by atoms with Gasteiger partial charge in [0.25, 0.3) is 0 Å². The van der Waals surface area contributed by atoms with Gasteiger partial charge in [-0.3, -0.25) is 0 Å². The summed E-state index contributed by atoms with van der Waals surface area (Å²) in [5, 5.41) is 5.54. The second kappa shape index (κ2) is 5.31. The zero-order valence-electron chi connectivity index (χ0n) is 14.3. The predicted molar refractivity (Wildman–Crippen MR) is 99.1 cm³/mol. The molecule has 0 aliphatic carbocycles. The molecular weight excluding hydrogens is 266 g/mol. The predicted octanol–water partition coefficient (Wildman–Crippen LogP) is 5.75. The minimum absolute atomic E-state index is 0.202. The summed E-state index contributed by atoms with van der Waals surface area (Å²) in [6, 6.07) is 17.6. The van der Waals surface area contributed by atoms with Gasteiger partial charge in [0.15, 0.2) is 0 Å². The number of nitrogens with zero attached hydrogens (tertiary/aromatic N) is 1. The van der Waals surface area contributed by atoms with Crippen LogP contribution in [0.25, 0.3) is 21.5 Å². The first-order valence-corrected chi connectivity index (χ1v) is 8.25. The third-order valence-electron chi connectivity index (χ3n) is 4.60. The molecule has 0 fully saturated rings. The highest BCUT2D eigenvalue weighted by molar-refractivity contribution is 6.16. The fraction of sp³-hybridized carbons (Fsp3) is 0.333. The molecule has 1 heterocycles. The zero-order chi connectivity index (χ0) is 15.9. The quantitative estimate of drug-likeness (QED) is 0.477. The molecule has 0 bridgehead atoms. The van der Waals surface area contributed by atoms with Gasteiger partial charge in [-0.15, -0.1) is 0 Å². The Morgan fingerprint density at radius 1 is 0.773 bits per heavy atom. The van der Waals surface area contributed by atoms with E-state index in [0.29, 0.717) is 0 Å². The molecule has 114 valence electrons. The second-order valence-corrected chi connectivity index (χ2v) is 6.55. The minimum Gasteiger partial charge on any atom is -0.373 e. The lowest BCUT2D eigenvalue weighted by Gasteiger charge is -2.20. The number of hydrogen-bond acceptors (Lipinski definition) is 1. The van der Waals surface area contributed by atoms with Gasteiger partial charge in [0.05, 0.1) is 0 Å². The fourth-order valence-corrected chi connectivity index (χ4v) is 3.96. The average molecular weight is 291 g/mol. The highest BCUT2D eigenvalue weighted by Gasteiger charge is 2.36. The molecule has 0 amide bonds. The van der Waals surface area contributed by atoms with Gasteiger partial charge in [-0.2, -0.15) is 0 Å². The zero-order valence-corrected chi connectivity index (χ0v) is 14.3. The van der Waals surface area contributed by atoms with Crippen LogP contribution < -0.4 is 4.90 Å². The molecule has 22 heavy (non-hydrogen) atoms. The average Bonchev–Trinajstić information content (AvgIpc) is 2.79. The molecule has 0 saturated carbocycles. The Hall–Kier alpha value is -2.02. The number of likely N-dealkylation sites (N-methyl/N-ethyl adjacent to an activating group) is 1. The topological polar surface area (TPSA) is 3.24 Å². The van der Waals surface area contributed by atoms with E-state index in [4.69, 9.17) is 0 Å². The number of hydrogen-bond donors (Lipinski definition) is 0. The molecule has 0 aromatic heterocycles. The molecule has 1 nitrogen and oxygen atoms in total. The first-order chi connectivity index (χ1) is 10.6. The van der Waals surface area contributed by atoms with Crippen LogP contribution in [0.5, 0.6) is 0 Å². The molecule has 0 spiro atoms. The molecular formula is C21H25N. The molecule has 1 heteroatoms. The minimum atomic E-state index is 0.202. The largest absolute Gasteiger partial charge is 0.373 e. The summed E-state index contributed by atoms with van der Waals surface area (Å²) in [4.78, 5) is 2.42. The van der Waals surface area contributed by atoms with Crippen molar-refractivity contribution in [1.29, 1.82) is 0 Å². The first-order valence-electron chi connectivity index (χ1n) is 8.25. The van der Waals surface area contributed by atoms with Crippen molar-refractivity contribution < 1.29 is 0 Å². The summed E-state index contributed by atoms with van der Waals surface area (Å²) in [6.45, 7) is 9.80. The van der Waals surface area contributed by atoms with E-state index in [1.54, 1.807) is 0 Å². The summed E-state index contributed by atoms with van der Waals surface area (Å²) < 4.78 is 0. The van der Waals surface area contributed by atoms with E-state index in [0.717, 1.165) is 6.54 Å². The Morgan fingerprint density at radius 3 is 1.82 bits per heavy atom. The van der Waals surface area contributed by atoms with E-state index in [1.807, 2.05) is 13.8 Å². The maximum Gasteiger partial charge on any atom is 0.0488 e. The van der Waals surface area contributed by atoms with Crippen LogP contribution in [0.3, 0.4) is 0 Å². The summed E-state index contributed by atoms with van der Waals surface area (Å²) in [5.41, 5.74) is 3.13. The highest BCUT2D eigenvalue weighted by Crippen LogP contribution is 2.48. The van der Waals surface area contributed by atoms with Gasteiger partial charge in [-0.25, -0.2) is 0 Å². The van der Waals surface area contributed by atoms with E-state index in [2.05, 4.69) is 74.3 Å². The van der Waals surface area contributed by atoms with E-state index in [9.17, 15) is 0 Å². The molecule has 1 aliphatic heterocycles. The lowest BCUT2D eigenvalue weighted by atomic mass is 9.82. The van der Waals surface area contributed by atoms with Crippen LogP contribution in [-0.4, -0.2) is 13.6 Å². The van der Waals surface area contributed by atoms with E-state index in [-0.39, 0.29) is 5.41 Å². The first kappa shape index (κ1) is 14.9. The van der Waals surface area contributed by atoms with Crippen LogP contribution in [0.15, 0.2) is 48.5 Å². The van der Waals surface area contributed by atoms with Gasteiger partial charge < -0.3 is 4.90 Å². The molecule has 3 aromatic rings. The maximum absolute atomic E-state index is 2.42. The lowest BCUT2D eigenvalue weighted by Crippen LogP contribution is -2.25. The second-order valence-electron chi connectivity index (χ2n) is 6.55. The van der Waals surface area contributed by atoms with Crippen molar-refractivity contribution in [3.8, 4) is 0 Å². The SMILES string of the molecule is CC.CN1CC(C)(C)c2c1c1ccccc1c1ccccc21. The summed E-state index contributed by atoms with van der Waals surface area (Å²) >= 11 is 0. The van der Waals surface area contributed by atoms with Crippen LogP contribution in [0, 0.1) is 0 Å². The van der Waals surface area contributed by atoms with Gasteiger partial charge >= 0.3 is 0 Å². The smallest absolute Gasteiger partial charge is 0.0488 e. The molecule has 3 aromatic carbocycles. The summed E-state index contributed by atoms with van der Waals surface area (Å²) in [5.74, 6) is 0. The molecule has 0 atom stereocenters. The molecule has 0 N–H and O–H groups in total. The van der Waals surface area contributed by atoms with Gasteiger partial charge in [-0.05, 0) is 21.7 Å². The van der Waals surface area contributed by atoms with E-state index >= 15 is 0 Å². The molecule has 0 saturated heterocycles. The van der Waals surface area contributed by atoms with Gasteiger partial charge in [0, 0.05) is 30.1 Å². The molecule has 4 rings (SSSR count). The van der Waals surface area contributed by atoms with Crippen LogP contribution >= 0.6 is 0 Å². The number of rotatable bonds is 0. The lowest BCUT2D eigenvalue weighted by molar-refractivity contribution is 0.567. The highest BCUT2D eigenvalue weighted by atomic mass is 15.1. The van der Waals surface area contributed by atoms with Crippen molar-refractivity contribution in [3.05, 3.63) is 54.1 Å². The number of anilines is 1. The van der Waals surface area contributed by atoms with Gasteiger partial charge in [0.1, 0.15) is 0 Å². The van der Waals surface area contributed by atoms with Crippen LogP contribution in [0.2, 0.25) is 0 Å². The maximum atomic E-state index is 2.42. The third kappa shape index (κ3) is 1.99. The van der Waals surface area contributed by atoms with Crippen molar-refractivity contribution in [1.82, 2.24) is 0 Å². The van der Waals surface area contributed by atoms with Crippen LogP contribution in [0.4, 0.5) is 5.69 Å². The van der Waals surface area contributed by atoms with Gasteiger partial charge in [0.2, 0.25) is 0 Å². The molecule has 1 aliphatic rings. The monoisotopic (exact) mass is 291 g/mol. The van der Waals surface area contributed by atoms with E-state index in [1.165, 1.54) is 32.8 Å². The van der Waals surface area contributed by atoms with Crippen molar-refractivity contribution in [2.45, 2.75) is 33.1 Å². The Balaban J connectivity index is 0.000000693. The summed E-state index contributed by atoms with van der Waals surface area (Å²) in [6.07, 6.45) is 0. The fourth-order valence-electron chi connectivity index (χ4n) is 3.96. The van der Waals surface area contributed by atoms with Gasteiger partial charge in [-0.1, -0.05) is 76.2 Å². The normalized spacial score (nSPS) is 15.6. The third-order valence-corrected chi connectivity index (χ3v) is 4.60. The summed E-state index contributed by atoms with van der Waals surface area (Å²) in [7, 11) is 2.22. The van der Waals surface area contributed by atoms with Crippen molar-refractivity contribution in [3.63, 3.8) is 0 Å². The Bertz CT molecular complexity index is 830. The molecule has 0 unspecified atom stereocenters. The number of benzene rings is 3. The Morgan fingerprint density at radius 2 is 1.23 bits per heavy atom. The molecule has 0 radical (unpaired) electrons. The van der Waals surface area contributed by atoms with Crippen molar-refractivity contribution in [2.75, 3.05) is 18.5 Å². The standard InChI is InChI=1S/C19H19N.C2H6/c1-19(2)12-20(3)18-16-11-7-5-9-14(16)13-8-4-6-10-15(13)17(18)19;1-2/h4-11H,12H2,1-3H3;1-2H3. The Labute approximate surface area is 133 Å². The van der Waals surface area contributed by atoms with E-state index < -0.39 is 0 Å².